The molecule has 0 aliphatic rings. The van der Waals surface area contributed by atoms with Gasteiger partial charge in [0.05, 0.1) is 10.7 Å². The molecule has 0 saturated heterocycles. The summed E-state index contributed by atoms with van der Waals surface area (Å²) in [6.45, 7) is 2.73. The van der Waals surface area contributed by atoms with Gasteiger partial charge in [0.1, 0.15) is 0 Å². The summed E-state index contributed by atoms with van der Waals surface area (Å²) in [6, 6.07) is 10.4. The van der Waals surface area contributed by atoms with Gasteiger partial charge in [0.15, 0.2) is 0 Å². The molecular weight excluding hydrogens is 216 g/mol. The summed E-state index contributed by atoms with van der Waals surface area (Å²) < 4.78 is 0. The fourth-order valence-corrected chi connectivity index (χ4v) is 2.79. The topological polar surface area (TPSA) is 38.9 Å². The number of nitrogens with two attached hydrogens (primary N) is 1. The molecule has 2 rings (SSSR count). The Bertz CT molecular complexity index is 427. The van der Waals surface area contributed by atoms with Crippen molar-refractivity contribution in [1.82, 2.24) is 4.98 Å². The Morgan fingerprint density at radius 1 is 1.25 bits per heavy atom. The number of nitrogens with zero attached hydrogens (tertiary/aromatic N) is 1. The lowest BCUT2D eigenvalue weighted by molar-refractivity contribution is 0.969. The van der Waals surface area contributed by atoms with Gasteiger partial charge in [-0.25, -0.2) is 4.98 Å². The van der Waals surface area contributed by atoms with Gasteiger partial charge in [-0.05, 0) is 12.0 Å². The Labute approximate surface area is 100 Å². The predicted molar refractivity (Wildman–Crippen MR) is 68.6 cm³/mol. The van der Waals surface area contributed by atoms with E-state index in [1.807, 2.05) is 6.07 Å². The molecule has 0 aliphatic carbocycles. The number of aromatic nitrogens is 1. The maximum atomic E-state index is 5.70. The minimum atomic E-state index is 0.607. The third-order valence-corrected chi connectivity index (χ3v) is 3.66. The Morgan fingerprint density at radius 2 is 2.00 bits per heavy atom. The number of rotatable bonds is 4. The molecule has 16 heavy (non-hydrogen) atoms. The van der Waals surface area contributed by atoms with E-state index in [1.54, 1.807) is 11.3 Å². The van der Waals surface area contributed by atoms with Crippen LogP contribution in [-0.4, -0.2) is 4.98 Å². The molecule has 0 bridgehead atoms. The number of benzene rings is 1. The molecule has 2 aromatic rings. The number of aryl methyl sites for hydroxylation is 1. The lowest BCUT2D eigenvalue weighted by Crippen LogP contribution is -1.96. The molecule has 0 fully saturated rings. The van der Waals surface area contributed by atoms with Gasteiger partial charge in [-0.1, -0.05) is 37.3 Å². The summed E-state index contributed by atoms with van der Waals surface area (Å²) >= 11 is 1.74. The molecule has 3 heteroatoms. The molecule has 1 aromatic heterocycles. The summed E-state index contributed by atoms with van der Waals surface area (Å²) in [5.74, 6) is 0. The molecule has 0 aliphatic heterocycles. The highest BCUT2D eigenvalue weighted by Gasteiger charge is 2.08. The lowest BCUT2D eigenvalue weighted by atomic mass is 10.2. The normalized spacial score (nSPS) is 10.6. The standard InChI is InChI=1S/C13H16N2S/c1-2-11-12(9-14)16-13(15-11)8-10-6-4-3-5-7-10/h3-7H,2,8-9,14H2,1H3. The van der Waals surface area contributed by atoms with Crippen LogP contribution < -0.4 is 5.73 Å². The Balaban J connectivity index is 2.19. The molecule has 0 spiro atoms. The summed E-state index contributed by atoms with van der Waals surface area (Å²) in [5.41, 5.74) is 8.18. The molecule has 2 nitrogen and oxygen atoms in total. The van der Waals surface area contributed by atoms with Crippen LogP contribution in [0.15, 0.2) is 30.3 Å². The predicted octanol–water partition coefficient (Wildman–Crippen LogP) is 2.76. The highest BCUT2D eigenvalue weighted by atomic mass is 32.1. The molecule has 1 heterocycles. The van der Waals surface area contributed by atoms with Crippen molar-refractivity contribution >= 4 is 11.3 Å². The first-order valence-electron chi connectivity index (χ1n) is 5.55. The van der Waals surface area contributed by atoms with E-state index < -0.39 is 0 Å². The molecule has 0 amide bonds. The SMILES string of the molecule is CCc1nc(Cc2ccccc2)sc1CN. The first-order valence-corrected chi connectivity index (χ1v) is 6.36. The van der Waals surface area contributed by atoms with Crippen molar-refractivity contribution < 1.29 is 0 Å². The van der Waals surface area contributed by atoms with Crippen molar-refractivity contribution in [3.63, 3.8) is 0 Å². The van der Waals surface area contributed by atoms with Crippen LogP contribution in [0.4, 0.5) is 0 Å². The molecular formula is C13H16N2S. The van der Waals surface area contributed by atoms with Gasteiger partial charge in [-0.3, -0.25) is 0 Å². The average Bonchev–Trinajstić information content (AvgIpc) is 2.72. The van der Waals surface area contributed by atoms with E-state index in [-0.39, 0.29) is 0 Å². The van der Waals surface area contributed by atoms with Crippen molar-refractivity contribution in [2.75, 3.05) is 0 Å². The Hall–Kier alpha value is -1.19. The van der Waals surface area contributed by atoms with E-state index in [0.717, 1.165) is 12.8 Å². The Kier molecular flexibility index (Phi) is 3.70. The van der Waals surface area contributed by atoms with Crippen molar-refractivity contribution in [3.8, 4) is 0 Å². The van der Waals surface area contributed by atoms with Crippen LogP contribution in [0.1, 0.15) is 28.1 Å². The van der Waals surface area contributed by atoms with E-state index in [1.165, 1.54) is 21.1 Å². The first kappa shape index (κ1) is 11.3. The fraction of sp³-hybridized carbons (Fsp3) is 0.308. The zero-order chi connectivity index (χ0) is 11.4. The number of hydrogen-bond donors (Lipinski definition) is 1. The van der Waals surface area contributed by atoms with E-state index >= 15 is 0 Å². The second kappa shape index (κ2) is 5.23. The molecule has 1 aromatic carbocycles. The fourth-order valence-electron chi connectivity index (χ4n) is 1.72. The molecule has 84 valence electrons. The maximum absolute atomic E-state index is 5.70. The van der Waals surface area contributed by atoms with Gasteiger partial charge >= 0.3 is 0 Å². The highest BCUT2D eigenvalue weighted by Crippen LogP contribution is 2.21. The highest BCUT2D eigenvalue weighted by molar-refractivity contribution is 7.11. The Morgan fingerprint density at radius 3 is 2.56 bits per heavy atom. The monoisotopic (exact) mass is 232 g/mol. The third-order valence-electron chi connectivity index (χ3n) is 2.54. The molecule has 0 radical (unpaired) electrons. The van der Waals surface area contributed by atoms with E-state index in [4.69, 9.17) is 5.73 Å². The van der Waals surface area contributed by atoms with Crippen molar-refractivity contribution in [2.24, 2.45) is 5.73 Å². The van der Waals surface area contributed by atoms with Crippen LogP contribution in [0, 0.1) is 0 Å². The second-order valence-electron chi connectivity index (χ2n) is 3.70. The van der Waals surface area contributed by atoms with Crippen molar-refractivity contribution in [3.05, 3.63) is 51.5 Å². The summed E-state index contributed by atoms with van der Waals surface area (Å²) in [5, 5.41) is 1.17. The average molecular weight is 232 g/mol. The smallest absolute Gasteiger partial charge is 0.0975 e. The molecule has 0 saturated carbocycles. The number of thiazole rings is 1. The van der Waals surface area contributed by atoms with E-state index in [2.05, 4.69) is 36.2 Å². The minimum Gasteiger partial charge on any atom is -0.326 e. The summed E-state index contributed by atoms with van der Waals surface area (Å²) in [4.78, 5) is 5.86. The van der Waals surface area contributed by atoms with Crippen LogP contribution in [0.25, 0.3) is 0 Å². The second-order valence-corrected chi connectivity index (χ2v) is 4.87. The van der Waals surface area contributed by atoms with Crippen LogP contribution in [0.3, 0.4) is 0 Å². The molecule has 0 atom stereocenters. The van der Waals surface area contributed by atoms with E-state index in [0.29, 0.717) is 6.54 Å². The van der Waals surface area contributed by atoms with Crippen LogP contribution in [-0.2, 0) is 19.4 Å². The van der Waals surface area contributed by atoms with Crippen LogP contribution in [0.2, 0.25) is 0 Å². The summed E-state index contributed by atoms with van der Waals surface area (Å²) in [6.07, 6.45) is 1.89. The third kappa shape index (κ3) is 2.49. The molecule has 0 unspecified atom stereocenters. The summed E-state index contributed by atoms with van der Waals surface area (Å²) in [7, 11) is 0. The van der Waals surface area contributed by atoms with Gasteiger partial charge in [0, 0.05) is 17.8 Å². The first-order chi connectivity index (χ1) is 7.83. The zero-order valence-electron chi connectivity index (χ0n) is 9.44. The van der Waals surface area contributed by atoms with E-state index in [9.17, 15) is 0 Å². The number of hydrogen-bond acceptors (Lipinski definition) is 3. The van der Waals surface area contributed by atoms with Gasteiger partial charge in [0.2, 0.25) is 0 Å². The van der Waals surface area contributed by atoms with Gasteiger partial charge < -0.3 is 5.73 Å². The lowest BCUT2D eigenvalue weighted by Gasteiger charge is -1.95. The van der Waals surface area contributed by atoms with Crippen molar-refractivity contribution in [2.45, 2.75) is 26.3 Å². The van der Waals surface area contributed by atoms with Gasteiger partial charge in [0.25, 0.3) is 0 Å². The van der Waals surface area contributed by atoms with Crippen molar-refractivity contribution in [1.29, 1.82) is 0 Å². The minimum absolute atomic E-state index is 0.607. The van der Waals surface area contributed by atoms with Crippen LogP contribution in [0.5, 0.6) is 0 Å². The largest absolute Gasteiger partial charge is 0.326 e. The quantitative estimate of drug-likeness (QED) is 0.880. The van der Waals surface area contributed by atoms with Gasteiger partial charge in [-0.2, -0.15) is 0 Å². The maximum Gasteiger partial charge on any atom is 0.0975 e. The molecule has 2 N–H and O–H groups in total. The van der Waals surface area contributed by atoms with Crippen LogP contribution >= 0.6 is 11.3 Å². The zero-order valence-corrected chi connectivity index (χ0v) is 10.3. The van der Waals surface area contributed by atoms with Gasteiger partial charge in [-0.15, -0.1) is 11.3 Å².